The predicted octanol–water partition coefficient (Wildman–Crippen LogP) is 4.26. The highest BCUT2D eigenvalue weighted by Gasteiger charge is 2.06. The number of benzene rings is 1. The molecule has 0 unspecified atom stereocenters. The van der Waals surface area contributed by atoms with Gasteiger partial charge in [0.05, 0.1) is 5.69 Å². The summed E-state index contributed by atoms with van der Waals surface area (Å²) in [6.45, 7) is 6.18. The van der Waals surface area contributed by atoms with Gasteiger partial charge in [0, 0.05) is 12.0 Å². The van der Waals surface area contributed by atoms with Gasteiger partial charge in [0.25, 0.3) is 0 Å². The average Bonchev–Trinajstić information content (AvgIpc) is 2.85. The van der Waals surface area contributed by atoms with Crippen LogP contribution in [0.2, 0.25) is 0 Å². The van der Waals surface area contributed by atoms with Gasteiger partial charge in [0.1, 0.15) is 0 Å². The molecule has 0 atom stereocenters. The molecule has 0 amide bonds. The van der Waals surface area contributed by atoms with Crippen LogP contribution in [0, 0.1) is 0 Å². The SMILES string of the molecule is CC.CCc1ccc(N2C=CCS2)cc1. The largest absolute Gasteiger partial charge is 0.292 e. The summed E-state index contributed by atoms with van der Waals surface area (Å²) in [6.07, 6.45) is 5.42. The quantitative estimate of drug-likeness (QED) is 0.687. The number of aryl methyl sites for hydroxylation is 1. The van der Waals surface area contributed by atoms with Crippen molar-refractivity contribution < 1.29 is 0 Å². The molecular weight excluding hydrogens is 202 g/mol. The van der Waals surface area contributed by atoms with Crippen molar-refractivity contribution in [3.63, 3.8) is 0 Å². The molecule has 0 aliphatic carbocycles. The van der Waals surface area contributed by atoms with E-state index in [1.165, 1.54) is 11.3 Å². The second-order valence-corrected chi connectivity index (χ2v) is 4.01. The molecule has 0 saturated heterocycles. The van der Waals surface area contributed by atoms with E-state index in [2.05, 4.69) is 47.8 Å². The van der Waals surface area contributed by atoms with Crippen LogP contribution in [-0.4, -0.2) is 5.75 Å². The predicted molar refractivity (Wildman–Crippen MR) is 71.2 cm³/mol. The van der Waals surface area contributed by atoms with Gasteiger partial charge in [0.2, 0.25) is 0 Å². The minimum absolute atomic E-state index is 1.09. The Labute approximate surface area is 97.3 Å². The fraction of sp³-hybridized carbons (Fsp3) is 0.385. The van der Waals surface area contributed by atoms with Gasteiger partial charge in [0.15, 0.2) is 0 Å². The third-order valence-electron chi connectivity index (χ3n) is 2.15. The van der Waals surface area contributed by atoms with Crippen molar-refractivity contribution in [1.82, 2.24) is 0 Å². The molecule has 1 aromatic carbocycles. The zero-order valence-electron chi connectivity index (χ0n) is 9.73. The number of anilines is 1. The first-order valence-corrected chi connectivity index (χ1v) is 6.52. The number of hydrogen-bond donors (Lipinski definition) is 0. The third-order valence-corrected chi connectivity index (χ3v) is 3.10. The van der Waals surface area contributed by atoms with E-state index in [9.17, 15) is 0 Å². The Morgan fingerprint density at radius 3 is 2.33 bits per heavy atom. The molecule has 1 aromatic rings. The van der Waals surface area contributed by atoms with Crippen LogP contribution in [0.1, 0.15) is 26.3 Å². The van der Waals surface area contributed by atoms with Crippen LogP contribution in [0.4, 0.5) is 5.69 Å². The molecule has 15 heavy (non-hydrogen) atoms. The summed E-state index contributed by atoms with van der Waals surface area (Å²) in [5.41, 5.74) is 2.67. The van der Waals surface area contributed by atoms with E-state index in [1.807, 2.05) is 25.8 Å². The normalized spacial score (nSPS) is 13.7. The molecule has 1 aliphatic heterocycles. The maximum Gasteiger partial charge on any atom is 0.0518 e. The number of nitrogens with zero attached hydrogens (tertiary/aromatic N) is 1. The van der Waals surface area contributed by atoms with Gasteiger partial charge in [-0.1, -0.05) is 39.0 Å². The molecule has 0 fully saturated rings. The van der Waals surface area contributed by atoms with Gasteiger partial charge in [-0.3, -0.25) is 4.31 Å². The van der Waals surface area contributed by atoms with Crippen molar-refractivity contribution in [3.8, 4) is 0 Å². The monoisotopic (exact) mass is 221 g/mol. The summed E-state index contributed by atoms with van der Waals surface area (Å²) < 4.78 is 2.21. The smallest absolute Gasteiger partial charge is 0.0518 e. The van der Waals surface area contributed by atoms with Crippen LogP contribution >= 0.6 is 11.9 Å². The average molecular weight is 221 g/mol. The minimum Gasteiger partial charge on any atom is -0.292 e. The van der Waals surface area contributed by atoms with Crippen LogP contribution in [0.25, 0.3) is 0 Å². The molecule has 2 rings (SSSR count). The summed E-state index contributed by atoms with van der Waals surface area (Å²) >= 11 is 1.83. The fourth-order valence-electron chi connectivity index (χ4n) is 1.34. The zero-order valence-corrected chi connectivity index (χ0v) is 10.6. The second-order valence-electron chi connectivity index (χ2n) is 3.03. The summed E-state index contributed by atoms with van der Waals surface area (Å²) in [6, 6.07) is 8.76. The van der Waals surface area contributed by atoms with Gasteiger partial charge >= 0.3 is 0 Å². The lowest BCUT2D eigenvalue weighted by atomic mass is 10.1. The molecule has 0 saturated carbocycles. The Kier molecular flexibility index (Phi) is 5.33. The fourth-order valence-corrected chi connectivity index (χ4v) is 2.12. The molecule has 1 nitrogen and oxygen atoms in total. The van der Waals surface area contributed by atoms with Gasteiger partial charge in [-0.15, -0.1) is 0 Å². The summed E-state index contributed by atoms with van der Waals surface area (Å²) in [7, 11) is 0. The number of rotatable bonds is 2. The highest BCUT2D eigenvalue weighted by atomic mass is 32.2. The van der Waals surface area contributed by atoms with Crippen molar-refractivity contribution in [1.29, 1.82) is 0 Å². The molecule has 0 aromatic heterocycles. The Morgan fingerprint density at radius 1 is 1.20 bits per heavy atom. The van der Waals surface area contributed by atoms with Gasteiger partial charge in [-0.05, 0) is 36.1 Å². The van der Waals surface area contributed by atoms with E-state index < -0.39 is 0 Å². The molecular formula is C13H19NS. The van der Waals surface area contributed by atoms with E-state index in [1.54, 1.807) is 0 Å². The van der Waals surface area contributed by atoms with Crippen LogP contribution in [0.5, 0.6) is 0 Å². The van der Waals surface area contributed by atoms with Crippen LogP contribution < -0.4 is 4.31 Å². The molecule has 1 heterocycles. The topological polar surface area (TPSA) is 3.24 Å². The first kappa shape index (κ1) is 12.2. The second kappa shape index (κ2) is 6.57. The zero-order chi connectivity index (χ0) is 11.1. The van der Waals surface area contributed by atoms with Crippen molar-refractivity contribution >= 4 is 17.6 Å². The van der Waals surface area contributed by atoms with Crippen LogP contribution in [0.3, 0.4) is 0 Å². The molecule has 1 aliphatic rings. The van der Waals surface area contributed by atoms with Gasteiger partial charge < -0.3 is 0 Å². The van der Waals surface area contributed by atoms with Crippen LogP contribution in [-0.2, 0) is 6.42 Å². The maximum atomic E-state index is 2.21. The molecule has 0 N–H and O–H groups in total. The lowest BCUT2D eigenvalue weighted by Gasteiger charge is -2.13. The van der Waals surface area contributed by atoms with E-state index >= 15 is 0 Å². The van der Waals surface area contributed by atoms with Crippen molar-refractivity contribution in [2.24, 2.45) is 0 Å². The minimum atomic E-state index is 1.09. The van der Waals surface area contributed by atoms with Gasteiger partial charge in [-0.25, -0.2) is 0 Å². The summed E-state index contributed by atoms with van der Waals surface area (Å²) in [4.78, 5) is 0. The third kappa shape index (κ3) is 3.31. The first-order valence-electron chi connectivity index (χ1n) is 5.58. The lowest BCUT2D eigenvalue weighted by molar-refractivity contribution is 1.14. The Balaban J connectivity index is 0.000000531. The van der Waals surface area contributed by atoms with E-state index in [-0.39, 0.29) is 0 Å². The Hall–Kier alpha value is -0.890. The Bertz CT molecular complexity index is 303. The molecule has 0 bridgehead atoms. The highest BCUT2D eigenvalue weighted by Crippen LogP contribution is 2.27. The first-order chi connectivity index (χ1) is 7.40. The van der Waals surface area contributed by atoms with E-state index in [0.717, 1.165) is 12.2 Å². The molecule has 2 heteroatoms. The van der Waals surface area contributed by atoms with Gasteiger partial charge in [-0.2, -0.15) is 0 Å². The molecule has 0 spiro atoms. The summed E-state index contributed by atoms with van der Waals surface area (Å²) in [5.74, 6) is 1.09. The maximum absolute atomic E-state index is 2.21. The molecule has 82 valence electrons. The number of hydrogen-bond acceptors (Lipinski definition) is 2. The standard InChI is InChI=1S/C11H13NS.C2H6/c1-2-10-4-6-11(7-5-10)12-8-3-9-13-12;1-2/h3-8H,2,9H2,1H3;1-2H3. The Morgan fingerprint density at radius 2 is 1.87 bits per heavy atom. The van der Waals surface area contributed by atoms with E-state index in [4.69, 9.17) is 0 Å². The van der Waals surface area contributed by atoms with Crippen molar-refractivity contribution in [3.05, 3.63) is 42.1 Å². The lowest BCUT2D eigenvalue weighted by Crippen LogP contribution is -2.00. The van der Waals surface area contributed by atoms with Crippen molar-refractivity contribution in [2.45, 2.75) is 27.2 Å². The van der Waals surface area contributed by atoms with Crippen molar-refractivity contribution in [2.75, 3.05) is 10.1 Å². The molecule has 0 radical (unpaired) electrons. The van der Waals surface area contributed by atoms with E-state index in [0.29, 0.717) is 0 Å². The highest BCUT2D eigenvalue weighted by molar-refractivity contribution is 8.01. The summed E-state index contributed by atoms with van der Waals surface area (Å²) in [5, 5.41) is 0. The van der Waals surface area contributed by atoms with Crippen LogP contribution in [0.15, 0.2) is 36.5 Å².